The number of rotatable bonds is 4. The van der Waals surface area contributed by atoms with E-state index >= 15 is 0 Å². The van der Waals surface area contributed by atoms with Gasteiger partial charge in [0.15, 0.2) is 0 Å². The number of carbonyl (C=O) groups excluding carboxylic acids is 1. The molecular formula is C19H16N2O3. The van der Waals surface area contributed by atoms with Crippen molar-refractivity contribution in [2.45, 2.75) is 6.92 Å². The van der Waals surface area contributed by atoms with Gasteiger partial charge in [0.25, 0.3) is 0 Å². The number of esters is 1. The van der Waals surface area contributed by atoms with Crippen LogP contribution in [0.2, 0.25) is 0 Å². The first-order chi connectivity index (χ1) is 11.7. The van der Waals surface area contributed by atoms with Crippen LogP contribution in [0.15, 0.2) is 48.7 Å². The van der Waals surface area contributed by atoms with Gasteiger partial charge in [-0.1, -0.05) is 0 Å². The second-order valence-corrected chi connectivity index (χ2v) is 5.18. The van der Waals surface area contributed by atoms with Gasteiger partial charge in [-0.2, -0.15) is 5.26 Å². The van der Waals surface area contributed by atoms with Gasteiger partial charge in [-0.25, -0.2) is 4.79 Å². The van der Waals surface area contributed by atoms with E-state index in [1.165, 1.54) is 0 Å². The predicted octanol–water partition coefficient (Wildman–Crippen LogP) is 3.69. The highest BCUT2D eigenvalue weighted by Crippen LogP contribution is 2.28. The number of hydrogen-bond donors (Lipinski definition) is 0. The van der Waals surface area contributed by atoms with Crippen LogP contribution >= 0.6 is 0 Å². The molecule has 0 unspecified atom stereocenters. The van der Waals surface area contributed by atoms with Gasteiger partial charge in [0.05, 0.1) is 30.4 Å². The summed E-state index contributed by atoms with van der Waals surface area (Å²) >= 11 is 0. The zero-order chi connectivity index (χ0) is 17.1. The van der Waals surface area contributed by atoms with Crippen molar-refractivity contribution in [1.82, 2.24) is 4.57 Å². The van der Waals surface area contributed by atoms with Crippen molar-refractivity contribution >= 4 is 16.9 Å². The van der Waals surface area contributed by atoms with Crippen LogP contribution in [0.3, 0.4) is 0 Å². The number of nitrogens with zero attached hydrogens (tertiary/aromatic N) is 2. The summed E-state index contributed by atoms with van der Waals surface area (Å²) in [5.74, 6) is 0.360. The van der Waals surface area contributed by atoms with Gasteiger partial charge in [-0.15, -0.1) is 0 Å². The van der Waals surface area contributed by atoms with Crippen molar-refractivity contribution in [2.24, 2.45) is 0 Å². The van der Waals surface area contributed by atoms with Crippen molar-refractivity contribution in [2.75, 3.05) is 13.7 Å². The van der Waals surface area contributed by atoms with E-state index in [4.69, 9.17) is 9.47 Å². The molecule has 0 aliphatic carbocycles. The fraction of sp³-hybridized carbons (Fsp3) is 0.158. The van der Waals surface area contributed by atoms with Crippen LogP contribution in [0.5, 0.6) is 5.75 Å². The maximum absolute atomic E-state index is 11.7. The lowest BCUT2D eigenvalue weighted by molar-refractivity contribution is 0.0526. The quantitative estimate of drug-likeness (QED) is 0.688. The molecule has 0 fully saturated rings. The monoisotopic (exact) mass is 320 g/mol. The lowest BCUT2D eigenvalue weighted by atomic mass is 10.2. The zero-order valence-electron chi connectivity index (χ0n) is 13.4. The van der Waals surface area contributed by atoms with Gasteiger partial charge in [0.1, 0.15) is 11.8 Å². The maximum Gasteiger partial charge on any atom is 0.338 e. The maximum atomic E-state index is 11.7. The van der Waals surface area contributed by atoms with E-state index in [-0.39, 0.29) is 5.97 Å². The Morgan fingerprint density at radius 3 is 2.58 bits per heavy atom. The van der Waals surface area contributed by atoms with Crippen LogP contribution in [0.1, 0.15) is 22.8 Å². The van der Waals surface area contributed by atoms with Crippen LogP contribution in [0.4, 0.5) is 0 Å². The van der Waals surface area contributed by atoms with E-state index in [2.05, 4.69) is 6.07 Å². The Balaban J connectivity index is 2.06. The van der Waals surface area contributed by atoms with E-state index in [0.717, 1.165) is 16.6 Å². The number of hydrogen-bond acceptors (Lipinski definition) is 4. The highest BCUT2D eigenvalue weighted by molar-refractivity contribution is 5.91. The van der Waals surface area contributed by atoms with Gasteiger partial charge in [0.2, 0.25) is 0 Å². The molecule has 2 aromatic carbocycles. The average Bonchev–Trinajstić information content (AvgIpc) is 3.00. The summed E-state index contributed by atoms with van der Waals surface area (Å²) in [5.41, 5.74) is 2.83. The second-order valence-electron chi connectivity index (χ2n) is 5.18. The molecule has 0 saturated heterocycles. The predicted molar refractivity (Wildman–Crippen MR) is 90.5 cm³/mol. The van der Waals surface area contributed by atoms with Crippen LogP contribution in [0, 0.1) is 11.3 Å². The van der Waals surface area contributed by atoms with Crippen molar-refractivity contribution in [1.29, 1.82) is 5.26 Å². The molecule has 0 saturated carbocycles. The molecule has 1 heterocycles. The minimum Gasteiger partial charge on any atom is -0.497 e. The molecule has 3 aromatic rings. The molecule has 0 aliphatic rings. The van der Waals surface area contributed by atoms with E-state index in [1.807, 2.05) is 34.9 Å². The highest BCUT2D eigenvalue weighted by atomic mass is 16.5. The fourth-order valence-electron chi connectivity index (χ4n) is 2.61. The first-order valence-electron chi connectivity index (χ1n) is 7.54. The normalized spacial score (nSPS) is 10.4. The summed E-state index contributed by atoms with van der Waals surface area (Å²) < 4.78 is 12.1. The summed E-state index contributed by atoms with van der Waals surface area (Å²) in [6.45, 7) is 2.12. The molecule has 0 atom stereocenters. The Morgan fingerprint density at radius 1 is 1.21 bits per heavy atom. The van der Waals surface area contributed by atoms with E-state index in [0.29, 0.717) is 23.5 Å². The first kappa shape index (κ1) is 15.6. The molecule has 0 bridgehead atoms. The lowest BCUT2D eigenvalue weighted by Gasteiger charge is -2.07. The molecule has 3 rings (SSSR count). The van der Waals surface area contributed by atoms with Gasteiger partial charge in [-0.3, -0.25) is 0 Å². The Bertz CT molecular complexity index is 934. The van der Waals surface area contributed by atoms with Crippen LogP contribution in [-0.4, -0.2) is 24.3 Å². The average molecular weight is 320 g/mol. The molecule has 5 nitrogen and oxygen atoms in total. The largest absolute Gasteiger partial charge is 0.497 e. The molecule has 0 N–H and O–H groups in total. The molecule has 24 heavy (non-hydrogen) atoms. The minimum atomic E-state index is -0.344. The summed E-state index contributed by atoms with van der Waals surface area (Å²) in [6, 6.07) is 14.9. The molecule has 0 radical (unpaired) electrons. The van der Waals surface area contributed by atoms with Crippen LogP contribution < -0.4 is 4.74 Å². The molecule has 1 aromatic heterocycles. The third-order valence-electron chi connectivity index (χ3n) is 3.79. The number of carbonyl (C=O) groups is 1. The highest BCUT2D eigenvalue weighted by Gasteiger charge is 2.12. The van der Waals surface area contributed by atoms with Crippen molar-refractivity contribution < 1.29 is 14.3 Å². The third-order valence-corrected chi connectivity index (χ3v) is 3.79. The fourth-order valence-corrected chi connectivity index (χ4v) is 2.61. The number of fused-ring (bicyclic) bond motifs is 1. The van der Waals surface area contributed by atoms with Crippen molar-refractivity contribution in [3.8, 4) is 17.5 Å². The van der Waals surface area contributed by atoms with Gasteiger partial charge in [-0.05, 0) is 49.4 Å². The number of ether oxygens (including phenoxy) is 2. The zero-order valence-corrected chi connectivity index (χ0v) is 13.4. The Kier molecular flexibility index (Phi) is 4.21. The van der Waals surface area contributed by atoms with Crippen molar-refractivity contribution in [3.05, 3.63) is 59.8 Å². The van der Waals surface area contributed by atoms with E-state index < -0.39 is 0 Å². The Hall–Kier alpha value is -3.26. The smallest absolute Gasteiger partial charge is 0.338 e. The standard InChI is InChI=1S/C19H16N2O3/c1-3-24-19(22)13-4-6-15(7-5-13)21-12-14(11-20)17-10-16(23-2)8-9-18(17)21/h4-10,12H,3H2,1-2H3. The Labute approximate surface area is 139 Å². The Morgan fingerprint density at radius 2 is 1.96 bits per heavy atom. The SMILES string of the molecule is CCOC(=O)c1ccc(-n2cc(C#N)c3cc(OC)ccc32)cc1. The van der Waals surface area contributed by atoms with Crippen molar-refractivity contribution in [3.63, 3.8) is 0 Å². The third kappa shape index (κ3) is 2.70. The number of aromatic nitrogens is 1. The van der Waals surface area contributed by atoms with Crippen LogP contribution in [0.25, 0.3) is 16.6 Å². The summed E-state index contributed by atoms with van der Waals surface area (Å²) in [4.78, 5) is 11.7. The van der Waals surface area contributed by atoms with Gasteiger partial charge < -0.3 is 14.0 Å². The molecule has 0 amide bonds. The molecule has 5 heteroatoms. The molecule has 0 aliphatic heterocycles. The van der Waals surface area contributed by atoms with E-state index in [1.54, 1.807) is 32.4 Å². The minimum absolute atomic E-state index is 0.343. The number of nitriles is 1. The summed E-state index contributed by atoms with van der Waals surface area (Å²) in [5, 5.41) is 10.2. The first-order valence-corrected chi connectivity index (χ1v) is 7.54. The molecular weight excluding hydrogens is 304 g/mol. The van der Waals surface area contributed by atoms with Crippen LogP contribution in [-0.2, 0) is 4.74 Å². The topological polar surface area (TPSA) is 64.2 Å². The number of benzene rings is 2. The van der Waals surface area contributed by atoms with Gasteiger partial charge >= 0.3 is 5.97 Å². The lowest BCUT2D eigenvalue weighted by Crippen LogP contribution is -2.04. The summed E-state index contributed by atoms with van der Waals surface area (Å²) in [7, 11) is 1.60. The van der Waals surface area contributed by atoms with E-state index in [9.17, 15) is 10.1 Å². The molecule has 120 valence electrons. The molecule has 0 spiro atoms. The number of methoxy groups -OCH3 is 1. The summed E-state index contributed by atoms with van der Waals surface area (Å²) in [6.07, 6.45) is 1.78. The van der Waals surface area contributed by atoms with Gasteiger partial charge in [0, 0.05) is 17.3 Å². The second kappa shape index (κ2) is 6.47.